The van der Waals surface area contributed by atoms with Gasteiger partial charge in [-0.2, -0.15) is 0 Å². The Labute approximate surface area is 76.9 Å². The summed E-state index contributed by atoms with van der Waals surface area (Å²) >= 11 is 0. The smallest absolute Gasteiger partial charge is 0.00509 e. The zero-order chi connectivity index (χ0) is 9.23. The molecule has 0 aliphatic heterocycles. The Bertz CT molecular complexity index is 83.9. The SMILES string of the molecule is CCCCCCC(N)CCNC. The Kier molecular flexibility index (Phi) is 8.95. The summed E-state index contributed by atoms with van der Waals surface area (Å²) in [5.74, 6) is 0. The van der Waals surface area contributed by atoms with E-state index in [0.717, 1.165) is 13.0 Å². The topological polar surface area (TPSA) is 38.0 Å². The van der Waals surface area contributed by atoms with Crippen molar-refractivity contribution in [3.63, 3.8) is 0 Å². The van der Waals surface area contributed by atoms with Gasteiger partial charge in [0.25, 0.3) is 0 Å². The molecule has 2 nitrogen and oxygen atoms in total. The number of nitrogens with one attached hydrogen (secondary N) is 1. The molecule has 3 N–H and O–H groups in total. The number of unbranched alkanes of at least 4 members (excludes halogenated alkanes) is 3. The Balaban J connectivity index is 3.02. The normalized spacial score (nSPS) is 13.2. The van der Waals surface area contributed by atoms with Crippen LogP contribution in [0.5, 0.6) is 0 Å². The summed E-state index contributed by atoms with van der Waals surface area (Å²) in [6.07, 6.45) is 7.64. The van der Waals surface area contributed by atoms with Gasteiger partial charge in [0, 0.05) is 6.04 Å². The van der Waals surface area contributed by atoms with E-state index >= 15 is 0 Å². The first-order chi connectivity index (χ1) is 5.81. The van der Waals surface area contributed by atoms with Crippen molar-refractivity contribution in [3.05, 3.63) is 0 Å². The Hall–Kier alpha value is -0.0800. The minimum atomic E-state index is 0.411. The highest BCUT2D eigenvalue weighted by molar-refractivity contribution is 4.62. The largest absolute Gasteiger partial charge is 0.328 e. The molecule has 0 aromatic rings. The van der Waals surface area contributed by atoms with Gasteiger partial charge < -0.3 is 11.1 Å². The van der Waals surface area contributed by atoms with Crippen molar-refractivity contribution in [1.29, 1.82) is 0 Å². The van der Waals surface area contributed by atoms with Gasteiger partial charge in [-0.05, 0) is 26.4 Å². The van der Waals surface area contributed by atoms with Crippen molar-refractivity contribution in [2.45, 2.75) is 51.5 Å². The van der Waals surface area contributed by atoms with Crippen molar-refractivity contribution >= 4 is 0 Å². The maximum absolute atomic E-state index is 5.90. The van der Waals surface area contributed by atoms with Gasteiger partial charge in [-0.1, -0.05) is 32.6 Å². The monoisotopic (exact) mass is 172 g/mol. The van der Waals surface area contributed by atoms with Crippen LogP contribution in [0.1, 0.15) is 45.4 Å². The lowest BCUT2D eigenvalue weighted by molar-refractivity contribution is 0.512. The van der Waals surface area contributed by atoms with Crippen LogP contribution in [-0.2, 0) is 0 Å². The van der Waals surface area contributed by atoms with Gasteiger partial charge in [0.2, 0.25) is 0 Å². The third-order valence-electron chi connectivity index (χ3n) is 2.19. The molecule has 1 atom stereocenters. The highest BCUT2D eigenvalue weighted by Crippen LogP contribution is 2.05. The maximum atomic E-state index is 5.90. The molecule has 0 amide bonds. The predicted molar refractivity (Wildman–Crippen MR) is 55.3 cm³/mol. The minimum absolute atomic E-state index is 0.411. The predicted octanol–water partition coefficient (Wildman–Crippen LogP) is 1.89. The van der Waals surface area contributed by atoms with Crippen molar-refractivity contribution in [1.82, 2.24) is 5.32 Å². The third-order valence-corrected chi connectivity index (χ3v) is 2.19. The van der Waals surface area contributed by atoms with E-state index < -0.39 is 0 Å². The molecule has 1 unspecified atom stereocenters. The zero-order valence-electron chi connectivity index (χ0n) is 8.60. The minimum Gasteiger partial charge on any atom is -0.328 e. The van der Waals surface area contributed by atoms with E-state index in [2.05, 4.69) is 12.2 Å². The van der Waals surface area contributed by atoms with E-state index in [9.17, 15) is 0 Å². The molecule has 0 rings (SSSR count). The van der Waals surface area contributed by atoms with Crippen LogP contribution in [0.15, 0.2) is 0 Å². The number of hydrogen-bond acceptors (Lipinski definition) is 2. The maximum Gasteiger partial charge on any atom is 0.00509 e. The highest BCUT2D eigenvalue weighted by Gasteiger charge is 2.00. The number of nitrogens with two attached hydrogens (primary N) is 1. The van der Waals surface area contributed by atoms with Crippen molar-refractivity contribution in [2.24, 2.45) is 5.73 Å². The second-order valence-corrected chi connectivity index (χ2v) is 3.50. The molecule has 0 bridgehead atoms. The summed E-state index contributed by atoms with van der Waals surface area (Å²) in [7, 11) is 1.98. The fourth-order valence-corrected chi connectivity index (χ4v) is 1.31. The van der Waals surface area contributed by atoms with Gasteiger partial charge in [0.05, 0.1) is 0 Å². The Morgan fingerprint density at radius 1 is 1.17 bits per heavy atom. The zero-order valence-corrected chi connectivity index (χ0v) is 8.60. The van der Waals surface area contributed by atoms with E-state index in [-0.39, 0.29) is 0 Å². The molecule has 0 aliphatic rings. The van der Waals surface area contributed by atoms with Crippen LogP contribution in [0, 0.1) is 0 Å². The van der Waals surface area contributed by atoms with Gasteiger partial charge in [-0.15, -0.1) is 0 Å². The summed E-state index contributed by atoms with van der Waals surface area (Å²) in [6, 6.07) is 0.411. The van der Waals surface area contributed by atoms with Gasteiger partial charge in [0.15, 0.2) is 0 Å². The average molecular weight is 172 g/mol. The lowest BCUT2D eigenvalue weighted by atomic mass is 10.1. The second kappa shape index (κ2) is 9.01. The van der Waals surface area contributed by atoms with Crippen LogP contribution in [0.3, 0.4) is 0 Å². The third kappa shape index (κ3) is 8.02. The molecule has 12 heavy (non-hydrogen) atoms. The van der Waals surface area contributed by atoms with Crippen molar-refractivity contribution in [3.8, 4) is 0 Å². The van der Waals surface area contributed by atoms with Crippen LogP contribution in [0.25, 0.3) is 0 Å². The summed E-state index contributed by atoms with van der Waals surface area (Å²) < 4.78 is 0. The van der Waals surface area contributed by atoms with Crippen LogP contribution < -0.4 is 11.1 Å². The van der Waals surface area contributed by atoms with Gasteiger partial charge in [-0.3, -0.25) is 0 Å². The Morgan fingerprint density at radius 2 is 1.92 bits per heavy atom. The molecule has 0 spiro atoms. The van der Waals surface area contributed by atoms with Crippen LogP contribution in [-0.4, -0.2) is 19.6 Å². The fraction of sp³-hybridized carbons (Fsp3) is 1.00. The molecule has 0 aromatic heterocycles. The average Bonchev–Trinajstić information content (AvgIpc) is 2.09. The molecule has 0 saturated heterocycles. The lowest BCUT2D eigenvalue weighted by Gasteiger charge is -2.10. The van der Waals surface area contributed by atoms with Crippen LogP contribution in [0.2, 0.25) is 0 Å². The van der Waals surface area contributed by atoms with Gasteiger partial charge >= 0.3 is 0 Å². The van der Waals surface area contributed by atoms with E-state index in [1.165, 1.54) is 32.1 Å². The summed E-state index contributed by atoms with van der Waals surface area (Å²) in [4.78, 5) is 0. The molecular weight excluding hydrogens is 148 g/mol. The molecule has 0 saturated carbocycles. The molecular formula is C10H24N2. The summed E-state index contributed by atoms with van der Waals surface area (Å²) in [5.41, 5.74) is 5.90. The first kappa shape index (κ1) is 11.9. The Morgan fingerprint density at radius 3 is 2.50 bits per heavy atom. The van der Waals surface area contributed by atoms with Crippen LogP contribution in [0.4, 0.5) is 0 Å². The first-order valence-electron chi connectivity index (χ1n) is 5.21. The second-order valence-electron chi connectivity index (χ2n) is 3.50. The molecule has 0 aromatic carbocycles. The summed E-state index contributed by atoms with van der Waals surface area (Å²) in [6.45, 7) is 3.29. The quantitative estimate of drug-likeness (QED) is 0.549. The molecule has 74 valence electrons. The number of rotatable bonds is 8. The molecule has 0 fully saturated rings. The molecule has 2 heteroatoms. The van der Waals surface area contributed by atoms with Crippen molar-refractivity contribution in [2.75, 3.05) is 13.6 Å². The molecule has 0 aliphatic carbocycles. The highest BCUT2D eigenvalue weighted by atomic mass is 14.8. The van der Waals surface area contributed by atoms with E-state index in [4.69, 9.17) is 5.73 Å². The van der Waals surface area contributed by atoms with Crippen LogP contribution >= 0.6 is 0 Å². The van der Waals surface area contributed by atoms with Gasteiger partial charge in [0.1, 0.15) is 0 Å². The lowest BCUT2D eigenvalue weighted by Crippen LogP contribution is -2.24. The first-order valence-corrected chi connectivity index (χ1v) is 5.21. The summed E-state index contributed by atoms with van der Waals surface area (Å²) in [5, 5.41) is 3.12. The van der Waals surface area contributed by atoms with Gasteiger partial charge in [-0.25, -0.2) is 0 Å². The number of hydrogen-bond donors (Lipinski definition) is 2. The fourth-order valence-electron chi connectivity index (χ4n) is 1.31. The van der Waals surface area contributed by atoms with E-state index in [0.29, 0.717) is 6.04 Å². The van der Waals surface area contributed by atoms with E-state index in [1.807, 2.05) is 7.05 Å². The molecule has 0 radical (unpaired) electrons. The van der Waals surface area contributed by atoms with E-state index in [1.54, 1.807) is 0 Å². The van der Waals surface area contributed by atoms with Crippen molar-refractivity contribution < 1.29 is 0 Å². The molecule has 0 heterocycles. The standard InChI is InChI=1S/C10H24N2/c1-3-4-5-6-7-10(11)8-9-12-2/h10,12H,3-9,11H2,1-2H3.